The van der Waals surface area contributed by atoms with Crippen LogP contribution >= 0.6 is 0 Å². The van der Waals surface area contributed by atoms with Crippen LogP contribution in [0.25, 0.3) is 0 Å². The van der Waals surface area contributed by atoms with Crippen LogP contribution in [0.5, 0.6) is 0 Å². The smallest absolute Gasteiger partial charge is 0.237 e. The Balaban J connectivity index is 2.50. The Hall–Kier alpha value is -0.650. The summed E-state index contributed by atoms with van der Waals surface area (Å²) in [5.74, 6) is 0.156. The number of carbonyl (C=O) groups is 1. The molecule has 1 aliphatic rings. The van der Waals surface area contributed by atoms with Crippen molar-refractivity contribution in [3.8, 4) is 0 Å². The van der Waals surface area contributed by atoms with Crippen LogP contribution in [0.2, 0.25) is 0 Å². The fourth-order valence-corrected chi connectivity index (χ4v) is 2.71. The maximum Gasteiger partial charge on any atom is 0.237 e. The number of methoxy groups -OCH3 is 1. The van der Waals surface area contributed by atoms with E-state index in [9.17, 15) is 4.79 Å². The molecule has 1 rings (SSSR count). The first-order valence-electron chi connectivity index (χ1n) is 6.68. The maximum atomic E-state index is 11.3. The van der Waals surface area contributed by atoms with Gasteiger partial charge < -0.3 is 21.1 Å². The van der Waals surface area contributed by atoms with E-state index in [2.05, 4.69) is 11.8 Å². The summed E-state index contributed by atoms with van der Waals surface area (Å²) in [6, 6.07) is 0.271. The van der Waals surface area contributed by atoms with E-state index < -0.39 is 11.4 Å². The van der Waals surface area contributed by atoms with E-state index in [-0.39, 0.29) is 6.04 Å². The van der Waals surface area contributed by atoms with Crippen LogP contribution in [-0.4, -0.2) is 49.2 Å². The van der Waals surface area contributed by atoms with Crippen LogP contribution in [0.4, 0.5) is 0 Å². The quantitative estimate of drug-likeness (QED) is 0.718. The number of rotatable bonds is 6. The predicted octanol–water partition coefficient (Wildman–Crippen LogP) is 0.326. The lowest BCUT2D eigenvalue weighted by Gasteiger charge is -2.38. The lowest BCUT2D eigenvalue weighted by Crippen LogP contribution is -2.54. The van der Waals surface area contributed by atoms with Crippen molar-refractivity contribution in [3.05, 3.63) is 0 Å². The largest absolute Gasteiger partial charge is 0.384 e. The SMILES string of the molecule is COCC1CCCN(C(C)CC(C)(N)C(N)=O)C1. The highest BCUT2D eigenvalue weighted by molar-refractivity contribution is 5.83. The molecule has 0 aromatic carbocycles. The van der Waals surface area contributed by atoms with Gasteiger partial charge in [0.1, 0.15) is 0 Å². The summed E-state index contributed by atoms with van der Waals surface area (Å²) in [5, 5.41) is 0. The predicted molar refractivity (Wildman–Crippen MR) is 72.0 cm³/mol. The number of primary amides is 1. The average Bonchev–Trinajstić information content (AvgIpc) is 2.29. The van der Waals surface area contributed by atoms with Crippen molar-refractivity contribution in [1.82, 2.24) is 4.90 Å². The van der Waals surface area contributed by atoms with Gasteiger partial charge in [0.15, 0.2) is 0 Å². The summed E-state index contributed by atoms with van der Waals surface area (Å²) in [6.07, 6.45) is 2.99. The topological polar surface area (TPSA) is 81.6 Å². The molecule has 1 heterocycles. The number of piperidine rings is 1. The van der Waals surface area contributed by atoms with Gasteiger partial charge in [0.25, 0.3) is 0 Å². The first kappa shape index (κ1) is 15.4. The number of ether oxygens (including phenoxy) is 1. The van der Waals surface area contributed by atoms with E-state index in [1.807, 2.05) is 0 Å². The number of hydrogen-bond donors (Lipinski definition) is 2. The summed E-state index contributed by atoms with van der Waals surface area (Å²) in [7, 11) is 1.74. The molecule has 0 aliphatic carbocycles. The number of amides is 1. The Labute approximate surface area is 110 Å². The first-order valence-corrected chi connectivity index (χ1v) is 6.68. The Morgan fingerprint density at radius 2 is 2.28 bits per heavy atom. The number of nitrogens with zero attached hydrogens (tertiary/aromatic N) is 1. The van der Waals surface area contributed by atoms with Gasteiger partial charge in [0, 0.05) is 19.7 Å². The molecule has 5 nitrogen and oxygen atoms in total. The van der Waals surface area contributed by atoms with E-state index >= 15 is 0 Å². The molecule has 0 spiro atoms. The monoisotopic (exact) mass is 257 g/mol. The molecule has 0 radical (unpaired) electrons. The highest BCUT2D eigenvalue weighted by Crippen LogP contribution is 2.22. The third-order valence-corrected chi connectivity index (χ3v) is 3.86. The molecule has 18 heavy (non-hydrogen) atoms. The summed E-state index contributed by atoms with van der Waals surface area (Å²) in [5.41, 5.74) is 10.3. The lowest BCUT2D eigenvalue weighted by molar-refractivity contribution is -0.123. The molecule has 0 aromatic heterocycles. The van der Waals surface area contributed by atoms with Crippen molar-refractivity contribution in [2.75, 3.05) is 26.8 Å². The van der Waals surface area contributed by atoms with Gasteiger partial charge in [-0.05, 0) is 45.6 Å². The summed E-state index contributed by atoms with van der Waals surface area (Å²) < 4.78 is 5.22. The zero-order valence-corrected chi connectivity index (χ0v) is 11.8. The van der Waals surface area contributed by atoms with Crippen molar-refractivity contribution in [2.45, 2.75) is 44.7 Å². The van der Waals surface area contributed by atoms with Crippen LogP contribution in [0, 0.1) is 5.92 Å². The second-order valence-corrected chi connectivity index (χ2v) is 5.79. The number of hydrogen-bond acceptors (Lipinski definition) is 4. The zero-order chi connectivity index (χ0) is 13.8. The molecule has 3 atom stereocenters. The number of carbonyl (C=O) groups excluding carboxylic acids is 1. The van der Waals surface area contributed by atoms with Crippen molar-refractivity contribution in [1.29, 1.82) is 0 Å². The molecule has 3 unspecified atom stereocenters. The molecule has 5 heteroatoms. The highest BCUT2D eigenvalue weighted by Gasteiger charge is 2.32. The summed E-state index contributed by atoms with van der Waals surface area (Å²) >= 11 is 0. The zero-order valence-electron chi connectivity index (χ0n) is 11.8. The van der Waals surface area contributed by atoms with Gasteiger partial charge in [-0.2, -0.15) is 0 Å². The minimum absolute atomic E-state index is 0.271. The molecule has 1 saturated heterocycles. The first-order chi connectivity index (χ1) is 8.36. The molecule has 1 aliphatic heterocycles. The van der Waals surface area contributed by atoms with Crippen molar-refractivity contribution < 1.29 is 9.53 Å². The van der Waals surface area contributed by atoms with E-state index in [4.69, 9.17) is 16.2 Å². The van der Waals surface area contributed by atoms with E-state index in [0.717, 1.165) is 19.7 Å². The van der Waals surface area contributed by atoms with Crippen molar-refractivity contribution >= 4 is 5.91 Å². The molecule has 1 amide bonds. The van der Waals surface area contributed by atoms with Crippen molar-refractivity contribution in [2.24, 2.45) is 17.4 Å². The molecule has 0 bridgehead atoms. The van der Waals surface area contributed by atoms with Crippen molar-refractivity contribution in [3.63, 3.8) is 0 Å². The van der Waals surface area contributed by atoms with Gasteiger partial charge in [-0.3, -0.25) is 4.79 Å². The van der Waals surface area contributed by atoms with Crippen LogP contribution in [0.15, 0.2) is 0 Å². The number of nitrogens with two attached hydrogens (primary N) is 2. The molecular weight excluding hydrogens is 230 g/mol. The molecule has 1 fully saturated rings. The third-order valence-electron chi connectivity index (χ3n) is 3.86. The van der Waals surface area contributed by atoms with Crippen LogP contribution in [-0.2, 0) is 9.53 Å². The van der Waals surface area contributed by atoms with E-state index in [0.29, 0.717) is 12.3 Å². The van der Waals surface area contributed by atoms with Crippen LogP contribution in [0.3, 0.4) is 0 Å². The van der Waals surface area contributed by atoms with E-state index in [1.54, 1.807) is 14.0 Å². The number of likely N-dealkylation sites (tertiary alicyclic amines) is 1. The molecular formula is C13H27N3O2. The van der Waals surface area contributed by atoms with Gasteiger partial charge in [-0.15, -0.1) is 0 Å². The lowest BCUT2D eigenvalue weighted by atomic mass is 9.91. The third kappa shape index (κ3) is 4.23. The normalized spacial score (nSPS) is 26.6. The van der Waals surface area contributed by atoms with Gasteiger partial charge in [0.05, 0.1) is 12.1 Å². The van der Waals surface area contributed by atoms with Gasteiger partial charge in [0.2, 0.25) is 5.91 Å². The van der Waals surface area contributed by atoms with Gasteiger partial charge >= 0.3 is 0 Å². The summed E-state index contributed by atoms with van der Waals surface area (Å²) in [6.45, 7) is 6.71. The second kappa shape index (κ2) is 6.50. The van der Waals surface area contributed by atoms with Crippen LogP contribution in [0.1, 0.15) is 33.1 Å². The van der Waals surface area contributed by atoms with E-state index in [1.165, 1.54) is 12.8 Å². The standard InChI is InChI=1S/C13H27N3O2/c1-10(7-13(2,15)12(14)17)16-6-4-5-11(8-16)9-18-3/h10-11H,4-9,15H2,1-3H3,(H2,14,17). The van der Waals surface area contributed by atoms with Crippen LogP contribution < -0.4 is 11.5 Å². The Kier molecular flexibility index (Phi) is 5.56. The minimum atomic E-state index is -0.923. The Morgan fingerprint density at radius 1 is 1.61 bits per heavy atom. The maximum absolute atomic E-state index is 11.3. The molecule has 0 saturated carbocycles. The minimum Gasteiger partial charge on any atom is -0.384 e. The highest BCUT2D eigenvalue weighted by atomic mass is 16.5. The molecule has 4 N–H and O–H groups in total. The Bertz CT molecular complexity index is 279. The fraction of sp³-hybridized carbons (Fsp3) is 0.923. The molecule has 0 aromatic rings. The fourth-order valence-electron chi connectivity index (χ4n) is 2.71. The van der Waals surface area contributed by atoms with Gasteiger partial charge in [-0.1, -0.05) is 0 Å². The molecule has 106 valence electrons. The second-order valence-electron chi connectivity index (χ2n) is 5.79. The Morgan fingerprint density at radius 3 is 2.83 bits per heavy atom. The summed E-state index contributed by atoms with van der Waals surface area (Å²) in [4.78, 5) is 13.7. The van der Waals surface area contributed by atoms with Gasteiger partial charge in [-0.25, -0.2) is 0 Å². The average molecular weight is 257 g/mol.